The molecule has 0 saturated carbocycles. The largest absolute Gasteiger partial charge is 0.452 e. The highest BCUT2D eigenvalue weighted by Gasteiger charge is 2.31. The fourth-order valence-corrected chi connectivity index (χ4v) is 5.04. The monoisotopic (exact) mass is 482 g/mol. The smallest absolute Gasteiger partial charge is 0.331 e. The number of ether oxygens (including phenoxy) is 1. The van der Waals surface area contributed by atoms with Crippen LogP contribution in [0.3, 0.4) is 0 Å². The molecule has 1 saturated heterocycles. The normalized spacial score (nSPS) is 17.4. The third-order valence-electron chi connectivity index (χ3n) is 4.60. The van der Waals surface area contributed by atoms with E-state index >= 15 is 0 Å². The van der Waals surface area contributed by atoms with E-state index < -0.39 is 33.2 Å². The van der Waals surface area contributed by atoms with Crippen molar-refractivity contribution in [3.05, 3.63) is 56.7 Å². The first kappa shape index (κ1) is 23.4. The maximum Gasteiger partial charge on any atom is 0.331 e. The molecule has 170 valence electrons. The van der Waals surface area contributed by atoms with E-state index in [4.69, 9.17) is 16.3 Å². The van der Waals surface area contributed by atoms with Gasteiger partial charge in [0.1, 0.15) is 10.8 Å². The highest BCUT2D eigenvalue weighted by molar-refractivity contribution is 7.91. The number of aromatic nitrogens is 2. The van der Waals surface area contributed by atoms with Crippen LogP contribution in [0.15, 0.2) is 30.3 Å². The van der Waals surface area contributed by atoms with Crippen LogP contribution in [0.1, 0.15) is 23.7 Å². The van der Waals surface area contributed by atoms with Crippen LogP contribution in [0.2, 0.25) is 5.02 Å². The average Bonchev–Trinajstić information content (AvgIpc) is 3.26. The van der Waals surface area contributed by atoms with Gasteiger partial charge in [0.25, 0.3) is 11.6 Å². The summed E-state index contributed by atoms with van der Waals surface area (Å²) in [7, 11) is -3.14. The Labute approximate surface area is 188 Å². The predicted octanol–water partition coefficient (Wildman–Crippen LogP) is 2.31. The molecular formula is C19H19ClN4O7S. The molecule has 1 aliphatic rings. The van der Waals surface area contributed by atoms with Crippen LogP contribution < -0.4 is 5.32 Å². The summed E-state index contributed by atoms with van der Waals surface area (Å²) in [5.74, 6) is -1.14. The second kappa shape index (κ2) is 9.49. The van der Waals surface area contributed by atoms with Crippen LogP contribution in [0, 0.1) is 17.0 Å². The quantitative estimate of drug-likeness (QED) is 0.273. The molecule has 1 N–H and O–H groups in total. The number of rotatable bonds is 7. The average molecular weight is 483 g/mol. The lowest BCUT2D eigenvalue weighted by Crippen LogP contribution is -2.23. The topological polar surface area (TPSA) is 150 Å². The van der Waals surface area contributed by atoms with Crippen LogP contribution in [-0.2, 0) is 24.2 Å². The summed E-state index contributed by atoms with van der Waals surface area (Å²) < 4.78 is 29.8. The van der Waals surface area contributed by atoms with Gasteiger partial charge in [0.2, 0.25) is 0 Å². The van der Waals surface area contributed by atoms with Gasteiger partial charge in [-0.1, -0.05) is 17.7 Å². The Kier molecular flexibility index (Phi) is 6.94. The second-order valence-corrected chi connectivity index (χ2v) is 9.77. The molecule has 11 nitrogen and oxygen atoms in total. The number of amides is 1. The van der Waals surface area contributed by atoms with E-state index in [2.05, 4.69) is 10.4 Å². The third kappa shape index (κ3) is 5.92. The predicted molar refractivity (Wildman–Crippen MR) is 116 cm³/mol. The minimum atomic E-state index is -3.14. The zero-order valence-corrected chi connectivity index (χ0v) is 18.4. The first-order chi connectivity index (χ1) is 15.0. The molecule has 0 radical (unpaired) electrons. The Balaban J connectivity index is 1.57. The van der Waals surface area contributed by atoms with Crippen molar-refractivity contribution in [3.63, 3.8) is 0 Å². The lowest BCUT2D eigenvalue weighted by molar-refractivity contribution is -0.384. The molecule has 2 heterocycles. The summed E-state index contributed by atoms with van der Waals surface area (Å²) in [6, 6.07) is 5.24. The molecule has 1 fully saturated rings. The van der Waals surface area contributed by atoms with Crippen LogP contribution >= 0.6 is 11.6 Å². The number of nitrogens with zero attached hydrogens (tertiary/aromatic N) is 3. The number of carbonyl (C=O) groups is 2. The molecule has 1 amide bonds. The number of carbonyl (C=O) groups excluding carboxylic acids is 2. The molecule has 1 atom stereocenters. The van der Waals surface area contributed by atoms with Gasteiger partial charge in [0, 0.05) is 18.2 Å². The van der Waals surface area contributed by atoms with Gasteiger partial charge in [0.05, 0.1) is 28.2 Å². The summed E-state index contributed by atoms with van der Waals surface area (Å²) >= 11 is 5.74. The SMILES string of the molecule is Cc1cc(NC(=O)COC(=O)/C=C/c2ccc(Cl)c([N+](=O)[O-])c2)n(C2CCS(=O)(=O)C2)n1. The number of nitro groups is 1. The maximum absolute atomic E-state index is 12.2. The first-order valence-corrected chi connectivity index (χ1v) is 11.6. The highest BCUT2D eigenvalue weighted by Crippen LogP contribution is 2.27. The Morgan fingerprint density at radius 3 is 2.81 bits per heavy atom. The van der Waals surface area contributed by atoms with Crippen molar-refractivity contribution in [2.24, 2.45) is 0 Å². The van der Waals surface area contributed by atoms with E-state index in [0.717, 1.165) is 6.08 Å². The van der Waals surface area contributed by atoms with E-state index in [1.165, 1.54) is 29.0 Å². The van der Waals surface area contributed by atoms with Gasteiger partial charge in [-0.15, -0.1) is 0 Å². The zero-order valence-electron chi connectivity index (χ0n) is 16.9. The summed E-state index contributed by atoms with van der Waals surface area (Å²) in [5.41, 5.74) is 0.651. The molecule has 13 heteroatoms. The summed E-state index contributed by atoms with van der Waals surface area (Å²) in [4.78, 5) is 34.3. The van der Waals surface area contributed by atoms with Crippen molar-refractivity contribution < 1.29 is 27.7 Å². The van der Waals surface area contributed by atoms with Crippen LogP contribution in [0.25, 0.3) is 6.08 Å². The Morgan fingerprint density at radius 2 is 2.16 bits per heavy atom. The van der Waals surface area contributed by atoms with Crippen molar-refractivity contribution in [2.75, 3.05) is 23.4 Å². The van der Waals surface area contributed by atoms with E-state index in [-0.39, 0.29) is 28.3 Å². The fourth-order valence-electron chi connectivity index (χ4n) is 3.16. The summed E-state index contributed by atoms with van der Waals surface area (Å²) in [6.07, 6.45) is 2.72. The van der Waals surface area contributed by atoms with Crippen molar-refractivity contribution in [2.45, 2.75) is 19.4 Å². The van der Waals surface area contributed by atoms with Crippen LogP contribution in [0.5, 0.6) is 0 Å². The number of halogens is 1. The van der Waals surface area contributed by atoms with E-state index in [1.807, 2.05) is 0 Å². The molecule has 0 aliphatic carbocycles. The zero-order chi connectivity index (χ0) is 23.5. The van der Waals surface area contributed by atoms with Gasteiger partial charge in [-0.3, -0.25) is 14.9 Å². The summed E-state index contributed by atoms with van der Waals surface area (Å²) in [6.45, 7) is 1.12. The fraction of sp³-hybridized carbons (Fsp3) is 0.316. The van der Waals surface area contributed by atoms with E-state index in [0.29, 0.717) is 23.5 Å². The maximum atomic E-state index is 12.2. The number of nitrogens with one attached hydrogen (secondary N) is 1. The highest BCUT2D eigenvalue weighted by atomic mass is 35.5. The summed E-state index contributed by atoms with van der Waals surface area (Å²) in [5, 5.41) is 17.7. The van der Waals surface area contributed by atoms with Crippen molar-refractivity contribution in [1.29, 1.82) is 0 Å². The molecule has 32 heavy (non-hydrogen) atoms. The molecule has 0 spiro atoms. The molecule has 1 aromatic carbocycles. The van der Waals surface area contributed by atoms with Crippen molar-refractivity contribution >= 4 is 50.9 Å². The first-order valence-electron chi connectivity index (χ1n) is 9.39. The number of esters is 1. The third-order valence-corrected chi connectivity index (χ3v) is 6.67. The minimum Gasteiger partial charge on any atom is -0.452 e. The number of anilines is 1. The number of aryl methyl sites for hydroxylation is 1. The van der Waals surface area contributed by atoms with Gasteiger partial charge in [-0.05, 0) is 31.1 Å². The van der Waals surface area contributed by atoms with Crippen molar-refractivity contribution in [1.82, 2.24) is 9.78 Å². The molecule has 2 aromatic rings. The van der Waals surface area contributed by atoms with Gasteiger partial charge in [-0.2, -0.15) is 5.10 Å². The van der Waals surface area contributed by atoms with Gasteiger partial charge in [-0.25, -0.2) is 17.9 Å². The molecule has 1 aromatic heterocycles. The van der Waals surface area contributed by atoms with Gasteiger partial charge < -0.3 is 10.1 Å². The number of benzene rings is 1. The number of hydrogen-bond acceptors (Lipinski definition) is 8. The number of hydrogen-bond donors (Lipinski definition) is 1. The second-order valence-electron chi connectivity index (χ2n) is 7.13. The number of nitro benzene ring substituents is 1. The van der Waals surface area contributed by atoms with Crippen molar-refractivity contribution in [3.8, 4) is 0 Å². The van der Waals surface area contributed by atoms with Gasteiger partial charge in [0.15, 0.2) is 16.4 Å². The molecule has 1 aliphatic heterocycles. The van der Waals surface area contributed by atoms with E-state index in [1.54, 1.807) is 13.0 Å². The van der Waals surface area contributed by atoms with E-state index in [9.17, 15) is 28.1 Å². The Morgan fingerprint density at radius 1 is 1.41 bits per heavy atom. The minimum absolute atomic E-state index is 0.0314. The lowest BCUT2D eigenvalue weighted by Gasteiger charge is -2.13. The molecule has 1 unspecified atom stereocenters. The Hall–Kier alpha value is -3.25. The molecule has 0 bridgehead atoms. The molecular weight excluding hydrogens is 464 g/mol. The van der Waals surface area contributed by atoms with Gasteiger partial charge >= 0.3 is 5.97 Å². The lowest BCUT2D eigenvalue weighted by atomic mass is 10.2. The Bertz CT molecular complexity index is 1210. The molecule has 3 rings (SSSR count). The van der Waals surface area contributed by atoms with Crippen LogP contribution in [0.4, 0.5) is 11.5 Å². The van der Waals surface area contributed by atoms with Crippen LogP contribution in [-0.4, -0.2) is 53.1 Å². The number of sulfone groups is 1. The standard InChI is InChI=1S/C19H19ClN4O7S/c1-12-8-17(23(22-12)14-6-7-32(29,30)11-14)21-18(25)10-31-19(26)5-3-13-2-4-15(20)16(9-13)24(27)28/h2-5,8-9,14H,6-7,10-11H2,1H3,(H,21,25)/b5-3+.